The number of allylic oxidation sites excluding steroid dienone is 1. The summed E-state index contributed by atoms with van der Waals surface area (Å²) in [6, 6.07) is 71.4. The van der Waals surface area contributed by atoms with E-state index in [0.29, 0.717) is 5.84 Å². The fourth-order valence-electron chi connectivity index (χ4n) is 10.2. The lowest BCUT2D eigenvalue weighted by Gasteiger charge is -2.20. The van der Waals surface area contributed by atoms with E-state index in [4.69, 9.17) is 14.4 Å². The Morgan fingerprint density at radius 1 is 0.469 bits per heavy atom. The van der Waals surface area contributed by atoms with Crippen LogP contribution in [0.15, 0.2) is 221 Å². The van der Waals surface area contributed by atoms with Gasteiger partial charge in [0, 0.05) is 49.7 Å². The number of amidine groups is 1. The molecule has 12 aromatic rings. The molecule has 1 atom stereocenters. The average Bonchev–Trinajstić information content (AvgIpc) is 4.00. The van der Waals surface area contributed by atoms with Crippen LogP contribution in [-0.2, 0) is 0 Å². The van der Waals surface area contributed by atoms with Crippen LogP contribution >= 0.6 is 0 Å². The lowest BCUT2D eigenvalue weighted by molar-refractivity contribution is 0.669. The van der Waals surface area contributed by atoms with Crippen molar-refractivity contribution in [2.24, 2.45) is 15.9 Å². The van der Waals surface area contributed by atoms with Crippen molar-refractivity contribution in [3.8, 4) is 11.4 Å². The molecule has 9 aromatic carbocycles. The van der Waals surface area contributed by atoms with E-state index in [0.717, 1.165) is 78.9 Å². The summed E-state index contributed by atoms with van der Waals surface area (Å²) in [7, 11) is 0. The van der Waals surface area contributed by atoms with E-state index >= 15 is 0 Å². The third-order valence-electron chi connectivity index (χ3n) is 13.2. The zero-order chi connectivity index (χ0) is 42.3. The van der Waals surface area contributed by atoms with Gasteiger partial charge in [0.15, 0.2) is 5.84 Å². The molecule has 1 aliphatic heterocycles. The number of furan rings is 1. The number of rotatable bonds is 5. The lowest BCUT2D eigenvalue weighted by atomic mass is 9.92. The molecule has 4 heterocycles. The predicted octanol–water partition coefficient (Wildman–Crippen LogP) is 15.3. The Kier molecular flexibility index (Phi) is 8.19. The molecule has 64 heavy (non-hydrogen) atoms. The molecule has 1 aliphatic rings. The van der Waals surface area contributed by atoms with Crippen molar-refractivity contribution in [2.45, 2.75) is 13.3 Å². The van der Waals surface area contributed by atoms with Crippen LogP contribution in [0.1, 0.15) is 30.0 Å². The van der Waals surface area contributed by atoms with Crippen molar-refractivity contribution < 1.29 is 4.42 Å². The van der Waals surface area contributed by atoms with Crippen molar-refractivity contribution in [3.63, 3.8) is 0 Å². The predicted molar refractivity (Wildman–Crippen MR) is 268 cm³/mol. The first-order valence-electron chi connectivity index (χ1n) is 22.0. The maximum Gasteiger partial charge on any atom is 0.160 e. The Labute approximate surface area is 369 Å². The van der Waals surface area contributed by atoms with E-state index in [1.165, 1.54) is 43.4 Å². The van der Waals surface area contributed by atoms with E-state index in [9.17, 15) is 0 Å². The maximum atomic E-state index is 6.64. The smallest absolute Gasteiger partial charge is 0.160 e. The quantitative estimate of drug-likeness (QED) is 0.171. The highest BCUT2D eigenvalue weighted by atomic mass is 16.3. The van der Waals surface area contributed by atoms with Gasteiger partial charge in [-0.05, 0) is 89.5 Å². The van der Waals surface area contributed by atoms with Gasteiger partial charge in [0.05, 0.1) is 44.5 Å². The van der Waals surface area contributed by atoms with E-state index < -0.39 is 0 Å². The number of aromatic nitrogens is 2. The Balaban J connectivity index is 1.06. The summed E-state index contributed by atoms with van der Waals surface area (Å²) in [5.41, 5.74) is 13.5. The first-order chi connectivity index (χ1) is 31.7. The van der Waals surface area contributed by atoms with Gasteiger partial charge in [-0.1, -0.05) is 146 Å². The fourth-order valence-corrected chi connectivity index (χ4v) is 10.2. The molecule has 5 heteroatoms. The van der Waals surface area contributed by atoms with Crippen LogP contribution in [0.5, 0.6) is 0 Å². The summed E-state index contributed by atoms with van der Waals surface area (Å²) in [5, 5.41) is 9.36. The molecule has 13 rings (SSSR count). The monoisotopic (exact) mass is 820 g/mol. The summed E-state index contributed by atoms with van der Waals surface area (Å²) in [5.74, 6) is 0.752. The van der Waals surface area contributed by atoms with Gasteiger partial charge in [0.1, 0.15) is 11.2 Å². The summed E-state index contributed by atoms with van der Waals surface area (Å²) in [4.78, 5) is 11.2. The topological polar surface area (TPSA) is 47.7 Å². The maximum absolute atomic E-state index is 6.64. The van der Waals surface area contributed by atoms with Crippen LogP contribution in [-0.4, -0.2) is 20.7 Å². The second-order valence-electron chi connectivity index (χ2n) is 16.9. The first-order valence-corrected chi connectivity index (χ1v) is 22.0. The van der Waals surface area contributed by atoms with E-state index in [2.05, 4.69) is 216 Å². The van der Waals surface area contributed by atoms with Gasteiger partial charge in [-0.2, -0.15) is 0 Å². The molecule has 0 N–H and O–H groups in total. The largest absolute Gasteiger partial charge is 0.456 e. The number of para-hydroxylation sites is 4. The molecule has 5 nitrogen and oxygen atoms in total. The van der Waals surface area contributed by atoms with Crippen molar-refractivity contribution in [3.05, 3.63) is 223 Å². The van der Waals surface area contributed by atoms with E-state index in [1.54, 1.807) is 0 Å². The molecule has 3 aromatic heterocycles. The zero-order valence-electron chi connectivity index (χ0n) is 35.1. The highest BCUT2D eigenvalue weighted by Crippen LogP contribution is 2.44. The van der Waals surface area contributed by atoms with Crippen LogP contribution < -0.4 is 0 Å². The molecule has 0 aliphatic carbocycles. The Morgan fingerprint density at radius 3 is 1.88 bits per heavy atom. The highest BCUT2D eigenvalue weighted by Gasteiger charge is 2.26. The summed E-state index contributed by atoms with van der Waals surface area (Å²) in [6.07, 6.45) is 3.07. The molecule has 302 valence electrons. The van der Waals surface area contributed by atoms with Gasteiger partial charge >= 0.3 is 0 Å². The second kappa shape index (κ2) is 14.4. The van der Waals surface area contributed by atoms with Gasteiger partial charge in [0.2, 0.25) is 0 Å². The molecule has 0 spiro atoms. The number of fused-ring (bicyclic) bond motifs is 10. The molecule has 0 amide bonds. The fraction of sp³-hybridized carbons (Fsp3) is 0.0508. The standard InChI is InChI=1S/C59H40N4O/c1-37-28-31-49(60-59(38-16-4-2-5-17-38)61-57(37)41-29-32-52-47(35-41)43-22-10-13-25-50(43)62(52)42-20-6-3-7-21-42)45-30-33-55-56(46-24-12-15-27-54(46)64-55)58(45)63-51-26-14-11-23-44(51)48-34-39-18-8-9-19-40(39)36-53(48)63/h2-27,29-37H,28H2,1H3/b49-31+,60-59?,61-57?. The Hall–Kier alpha value is -8.28. The normalized spacial score (nSPS) is 15.5. The minimum absolute atomic E-state index is 0.0747. The van der Waals surface area contributed by atoms with Crippen LogP contribution in [0.2, 0.25) is 0 Å². The third kappa shape index (κ3) is 5.64. The average molecular weight is 821 g/mol. The molecule has 0 saturated heterocycles. The SMILES string of the molecule is CC1C/C=C(\c2ccc3oc4ccccc4c3c2-n2c3ccccc3c3cc4ccccc4cc32)N=C(c2ccccc2)N=C1c1ccc2c(c1)c1ccccc1n2-c1ccccc1. The van der Waals surface area contributed by atoms with Gasteiger partial charge in [-0.15, -0.1) is 0 Å². The highest BCUT2D eigenvalue weighted by molar-refractivity contribution is 6.20. The summed E-state index contributed by atoms with van der Waals surface area (Å²) < 4.78 is 11.4. The number of hydrogen-bond donors (Lipinski definition) is 0. The Morgan fingerprint density at radius 2 is 1.09 bits per heavy atom. The van der Waals surface area contributed by atoms with Crippen molar-refractivity contribution in [1.29, 1.82) is 0 Å². The summed E-state index contributed by atoms with van der Waals surface area (Å²) >= 11 is 0. The molecular weight excluding hydrogens is 781 g/mol. The molecule has 1 unspecified atom stereocenters. The van der Waals surface area contributed by atoms with Crippen molar-refractivity contribution in [2.75, 3.05) is 0 Å². The molecule has 0 bridgehead atoms. The zero-order valence-corrected chi connectivity index (χ0v) is 35.1. The number of benzene rings is 9. The van der Waals surface area contributed by atoms with Crippen molar-refractivity contribution in [1.82, 2.24) is 9.13 Å². The lowest BCUT2D eigenvalue weighted by Crippen LogP contribution is -2.17. The van der Waals surface area contributed by atoms with Gasteiger partial charge < -0.3 is 13.6 Å². The Bertz CT molecular complexity index is 3940. The van der Waals surface area contributed by atoms with Crippen LogP contribution in [0, 0.1) is 5.92 Å². The number of hydrogen-bond acceptors (Lipinski definition) is 3. The summed E-state index contributed by atoms with van der Waals surface area (Å²) in [6.45, 7) is 2.30. The number of nitrogens with zero attached hydrogens (tertiary/aromatic N) is 4. The van der Waals surface area contributed by atoms with E-state index in [-0.39, 0.29) is 5.92 Å². The molecule has 0 radical (unpaired) electrons. The van der Waals surface area contributed by atoms with Gasteiger partial charge in [-0.3, -0.25) is 0 Å². The molecule has 0 saturated carbocycles. The molecular formula is C59H40N4O. The van der Waals surface area contributed by atoms with Gasteiger partial charge in [0.25, 0.3) is 0 Å². The first kappa shape index (κ1) is 36.4. The third-order valence-corrected chi connectivity index (χ3v) is 13.2. The van der Waals surface area contributed by atoms with Crippen molar-refractivity contribution >= 4 is 93.6 Å². The van der Waals surface area contributed by atoms with Crippen LogP contribution in [0.3, 0.4) is 0 Å². The van der Waals surface area contributed by atoms with Gasteiger partial charge in [-0.25, -0.2) is 9.98 Å². The number of aliphatic imine (C=N–C) groups is 2. The van der Waals surface area contributed by atoms with Crippen LogP contribution in [0.4, 0.5) is 0 Å². The second-order valence-corrected chi connectivity index (χ2v) is 16.9. The minimum Gasteiger partial charge on any atom is -0.456 e. The minimum atomic E-state index is 0.0747. The van der Waals surface area contributed by atoms with E-state index in [1.807, 2.05) is 6.07 Å². The van der Waals surface area contributed by atoms with Crippen LogP contribution in [0.25, 0.3) is 93.4 Å². The molecule has 0 fully saturated rings.